The molecule has 0 saturated heterocycles. The molecule has 0 unspecified atom stereocenters. The zero-order valence-corrected chi connectivity index (χ0v) is 20.7. The number of halogens is 1. The van der Waals surface area contributed by atoms with Crippen molar-refractivity contribution in [3.8, 4) is 0 Å². The number of rotatable bonds is 7. The summed E-state index contributed by atoms with van der Waals surface area (Å²) < 4.78 is 40.9. The summed E-state index contributed by atoms with van der Waals surface area (Å²) in [4.78, 5) is 36.5. The van der Waals surface area contributed by atoms with Crippen molar-refractivity contribution in [1.82, 2.24) is 5.32 Å². The van der Waals surface area contributed by atoms with Crippen LogP contribution < -0.4 is 31.5 Å². The standard InChI is InChI=1S/C25H27FN4O5S/c1-14-3-10-19(11-4-14)36(34,35)30-22-21(23(31)24(22)32)27-16-5-7-17(8-6-16)28-25(33)29-18-9-12-20(26)15(2)13-18/h3-4,9-13,16-17,27,30H,5-8H2,1-2H3,(H2,28,29,33). The second-order valence-corrected chi connectivity index (χ2v) is 10.8. The fourth-order valence-electron chi connectivity index (χ4n) is 4.20. The third-order valence-corrected chi connectivity index (χ3v) is 7.67. The van der Waals surface area contributed by atoms with Gasteiger partial charge in [0, 0.05) is 17.8 Å². The third kappa shape index (κ3) is 5.56. The molecule has 1 fully saturated rings. The van der Waals surface area contributed by atoms with Gasteiger partial charge in [0.1, 0.15) is 17.2 Å². The van der Waals surface area contributed by atoms with E-state index in [9.17, 15) is 27.2 Å². The summed E-state index contributed by atoms with van der Waals surface area (Å²) in [6.45, 7) is 3.44. The first kappa shape index (κ1) is 25.4. The predicted molar refractivity (Wildman–Crippen MR) is 136 cm³/mol. The normalized spacial score (nSPS) is 18.0. The lowest BCUT2D eigenvalue weighted by molar-refractivity contribution is 0.243. The largest absolute Gasteiger partial charge is 0.377 e. The highest BCUT2D eigenvalue weighted by Gasteiger charge is 2.29. The minimum Gasteiger partial charge on any atom is -0.377 e. The number of benzene rings is 2. The van der Waals surface area contributed by atoms with Gasteiger partial charge in [0.15, 0.2) is 0 Å². The lowest BCUT2D eigenvalue weighted by Crippen LogP contribution is -2.44. The molecule has 1 saturated carbocycles. The van der Waals surface area contributed by atoms with Gasteiger partial charge in [0.2, 0.25) is 0 Å². The van der Waals surface area contributed by atoms with Gasteiger partial charge in [-0.2, -0.15) is 0 Å². The second-order valence-electron chi connectivity index (χ2n) is 9.08. The number of anilines is 3. The molecule has 0 heterocycles. The molecule has 0 aliphatic heterocycles. The molecule has 0 bridgehead atoms. The number of amides is 2. The average molecular weight is 515 g/mol. The van der Waals surface area contributed by atoms with E-state index in [1.54, 1.807) is 25.1 Å². The number of urea groups is 1. The van der Waals surface area contributed by atoms with Crippen molar-refractivity contribution in [3.63, 3.8) is 0 Å². The Morgan fingerprint density at radius 2 is 1.50 bits per heavy atom. The molecule has 0 atom stereocenters. The van der Waals surface area contributed by atoms with Crippen molar-refractivity contribution in [1.29, 1.82) is 0 Å². The smallest absolute Gasteiger partial charge is 0.319 e. The molecule has 9 nitrogen and oxygen atoms in total. The first-order valence-corrected chi connectivity index (χ1v) is 13.0. The summed E-state index contributed by atoms with van der Waals surface area (Å²) in [7, 11) is -4.02. The van der Waals surface area contributed by atoms with Crippen LogP contribution in [0.1, 0.15) is 36.8 Å². The number of aryl methyl sites for hydroxylation is 2. The van der Waals surface area contributed by atoms with Crippen molar-refractivity contribution in [2.75, 3.05) is 15.4 Å². The van der Waals surface area contributed by atoms with Gasteiger partial charge in [-0.15, -0.1) is 0 Å². The summed E-state index contributed by atoms with van der Waals surface area (Å²) in [6, 6.07) is 9.81. The van der Waals surface area contributed by atoms with Gasteiger partial charge < -0.3 is 16.0 Å². The third-order valence-electron chi connectivity index (χ3n) is 6.30. The van der Waals surface area contributed by atoms with Crippen LogP contribution in [0.2, 0.25) is 0 Å². The van der Waals surface area contributed by atoms with Gasteiger partial charge in [-0.05, 0) is 75.4 Å². The molecule has 3 aromatic rings. The van der Waals surface area contributed by atoms with Gasteiger partial charge in [-0.3, -0.25) is 14.3 Å². The topological polar surface area (TPSA) is 133 Å². The molecule has 2 amide bonds. The van der Waals surface area contributed by atoms with Crippen molar-refractivity contribution in [2.24, 2.45) is 0 Å². The molecular weight excluding hydrogens is 487 g/mol. The highest BCUT2D eigenvalue weighted by molar-refractivity contribution is 7.92. The molecule has 0 radical (unpaired) electrons. The monoisotopic (exact) mass is 514 g/mol. The van der Waals surface area contributed by atoms with Crippen molar-refractivity contribution >= 4 is 33.1 Å². The Hall–Kier alpha value is -3.73. The molecule has 11 heteroatoms. The number of carbonyl (C=O) groups is 1. The van der Waals surface area contributed by atoms with Crippen LogP contribution in [0.15, 0.2) is 56.9 Å². The van der Waals surface area contributed by atoms with E-state index in [0.29, 0.717) is 36.9 Å². The zero-order chi connectivity index (χ0) is 26.0. The molecule has 190 valence electrons. The lowest BCUT2D eigenvalue weighted by atomic mass is 9.91. The minimum absolute atomic E-state index is 0.00671. The van der Waals surface area contributed by atoms with Crippen molar-refractivity contribution in [3.05, 3.63) is 79.9 Å². The van der Waals surface area contributed by atoms with E-state index in [2.05, 4.69) is 20.7 Å². The van der Waals surface area contributed by atoms with Crippen LogP contribution in [0.3, 0.4) is 0 Å². The quantitative estimate of drug-likeness (QED) is 0.357. The highest BCUT2D eigenvalue weighted by atomic mass is 32.2. The highest BCUT2D eigenvalue weighted by Crippen LogP contribution is 2.26. The maximum atomic E-state index is 13.4. The van der Waals surface area contributed by atoms with Gasteiger partial charge >= 0.3 is 6.03 Å². The second kappa shape index (κ2) is 10.1. The Bertz CT molecular complexity index is 1460. The van der Waals surface area contributed by atoms with Crippen molar-refractivity contribution < 1.29 is 17.6 Å². The first-order valence-electron chi connectivity index (χ1n) is 11.6. The molecule has 0 aromatic heterocycles. The Morgan fingerprint density at radius 3 is 2.14 bits per heavy atom. The van der Waals surface area contributed by atoms with Crippen LogP contribution >= 0.6 is 0 Å². The van der Waals surface area contributed by atoms with Crippen molar-refractivity contribution in [2.45, 2.75) is 56.5 Å². The van der Waals surface area contributed by atoms with Gasteiger partial charge in [0.05, 0.1) is 4.90 Å². The maximum Gasteiger partial charge on any atom is 0.319 e. The summed E-state index contributed by atoms with van der Waals surface area (Å²) in [5.74, 6) is -0.348. The van der Waals surface area contributed by atoms with E-state index in [1.165, 1.54) is 24.3 Å². The van der Waals surface area contributed by atoms with Crippen LogP contribution in [0.4, 0.5) is 26.2 Å². The number of hydrogen-bond acceptors (Lipinski definition) is 6. The predicted octanol–water partition coefficient (Wildman–Crippen LogP) is 3.38. The summed E-state index contributed by atoms with van der Waals surface area (Å²) in [5, 5.41) is 8.58. The minimum atomic E-state index is -4.02. The van der Waals surface area contributed by atoms with Crippen LogP contribution in [0, 0.1) is 19.7 Å². The van der Waals surface area contributed by atoms with Gasteiger partial charge in [-0.1, -0.05) is 17.7 Å². The van der Waals surface area contributed by atoms with Gasteiger partial charge in [-0.25, -0.2) is 17.6 Å². The molecule has 3 aromatic carbocycles. The molecular formula is C25H27FN4O5S. The molecule has 0 spiro atoms. The Kier molecular flexibility index (Phi) is 7.11. The maximum absolute atomic E-state index is 13.4. The SMILES string of the molecule is Cc1ccc(S(=O)(=O)Nc2c(NC3CCC(NC(=O)Nc4ccc(F)c(C)c4)CC3)c(=O)c2=O)cc1. The molecule has 4 N–H and O–H groups in total. The first-order chi connectivity index (χ1) is 17.0. The van der Waals surface area contributed by atoms with E-state index in [1.807, 2.05) is 6.92 Å². The fourth-order valence-corrected chi connectivity index (χ4v) is 5.27. The summed E-state index contributed by atoms with van der Waals surface area (Å²) >= 11 is 0. The Morgan fingerprint density at radius 1 is 0.889 bits per heavy atom. The molecule has 36 heavy (non-hydrogen) atoms. The number of nitrogens with one attached hydrogen (secondary N) is 4. The summed E-state index contributed by atoms with van der Waals surface area (Å²) in [5.41, 5.74) is -0.118. The number of carbonyl (C=O) groups excluding carboxylic acids is 1. The Balaban J connectivity index is 1.32. The van der Waals surface area contributed by atoms with Gasteiger partial charge in [0.25, 0.3) is 20.9 Å². The van der Waals surface area contributed by atoms with Crippen LogP contribution in [-0.4, -0.2) is 26.5 Å². The number of hydrogen-bond donors (Lipinski definition) is 4. The zero-order valence-electron chi connectivity index (χ0n) is 19.9. The van der Waals surface area contributed by atoms with Crippen LogP contribution in [-0.2, 0) is 10.0 Å². The molecule has 1 aliphatic rings. The van der Waals surface area contributed by atoms with E-state index >= 15 is 0 Å². The van der Waals surface area contributed by atoms with Crippen LogP contribution in [0.25, 0.3) is 0 Å². The fraction of sp³-hybridized carbons (Fsp3) is 0.320. The lowest BCUT2D eigenvalue weighted by Gasteiger charge is -2.31. The van der Waals surface area contributed by atoms with E-state index in [-0.39, 0.29) is 34.2 Å². The van der Waals surface area contributed by atoms with Crippen LogP contribution in [0.5, 0.6) is 0 Å². The molecule has 4 rings (SSSR count). The number of sulfonamides is 1. The summed E-state index contributed by atoms with van der Waals surface area (Å²) in [6.07, 6.45) is 2.44. The Labute approximate surface area is 207 Å². The van der Waals surface area contributed by atoms with E-state index < -0.39 is 26.9 Å². The van der Waals surface area contributed by atoms with E-state index in [4.69, 9.17) is 0 Å². The molecule has 1 aliphatic carbocycles. The average Bonchev–Trinajstić information content (AvgIpc) is 2.84. The van der Waals surface area contributed by atoms with E-state index in [0.717, 1.165) is 5.56 Å².